The molecule has 2 aromatic rings. The topological polar surface area (TPSA) is 66.9 Å². The molecule has 0 bridgehead atoms. The average Bonchev–Trinajstić information content (AvgIpc) is 3.10. The summed E-state index contributed by atoms with van der Waals surface area (Å²) in [4.78, 5) is 15.1. The number of hydrogen-bond acceptors (Lipinski definition) is 4. The Morgan fingerprint density at radius 2 is 1.90 bits per heavy atom. The molecule has 0 aromatic heterocycles. The molecule has 1 amide bonds. The molecule has 0 N–H and O–H groups in total. The Labute approximate surface area is 173 Å². The number of carbonyl (C=O) groups is 1. The number of anilines is 1. The maximum Gasteiger partial charge on any atom is 0.268 e. The molecular formula is C22H28N2O4S. The molecule has 3 rings (SSSR count). The number of fused-ring (bicyclic) bond motifs is 1. The van der Waals surface area contributed by atoms with Gasteiger partial charge in [-0.1, -0.05) is 24.6 Å². The summed E-state index contributed by atoms with van der Waals surface area (Å²) in [5.41, 5.74) is 3.76. The maximum absolute atomic E-state index is 13.2. The van der Waals surface area contributed by atoms with Crippen LogP contribution < -0.4 is 9.64 Å². The fourth-order valence-electron chi connectivity index (χ4n) is 3.55. The van der Waals surface area contributed by atoms with Crippen LogP contribution in [0.5, 0.6) is 5.75 Å². The van der Waals surface area contributed by atoms with E-state index in [-0.39, 0.29) is 10.8 Å². The van der Waals surface area contributed by atoms with E-state index in [0.29, 0.717) is 25.1 Å². The summed E-state index contributed by atoms with van der Waals surface area (Å²) in [6, 6.07) is 10.9. The highest BCUT2D eigenvalue weighted by Gasteiger charge is 2.32. The van der Waals surface area contributed by atoms with Gasteiger partial charge in [-0.15, -0.1) is 0 Å². The third-order valence-corrected chi connectivity index (χ3v) is 7.05. The molecule has 0 radical (unpaired) electrons. The van der Waals surface area contributed by atoms with Gasteiger partial charge in [0.05, 0.1) is 4.90 Å². The molecule has 29 heavy (non-hydrogen) atoms. The van der Waals surface area contributed by atoms with Crippen molar-refractivity contribution in [3.63, 3.8) is 0 Å². The summed E-state index contributed by atoms with van der Waals surface area (Å²) in [7, 11) is -0.484. The number of nitrogens with zero attached hydrogens (tertiary/aromatic N) is 2. The molecule has 2 aromatic carbocycles. The lowest BCUT2D eigenvalue weighted by Crippen LogP contribution is -2.41. The Morgan fingerprint density at radius 3 is 2.52 bits per heavy atom. The van der Waals surface area contributed by atoms with Crippen molar-refractivity contribution in [2.45, 2.75) is 44.6 Å². The molecule has 1 aliphatic heterocycles. The van der Waals surface area contributed by atoms with Gasteiger partial charge in [0.15, 0.2) is 6.10 Å². The third kappa shape index (κ3) is 4.16. The predicted molar refractivity (Wildman–Crippen MR) is 114 cm³/mol. The highest BCUT2D eigenvalue weighted by Crippen LogP contribution is 2.32. The molecule has 156 valence electrons. The summed E-state index contributed by atoms with van der Waals surface area (Å²) in [5.74, 6) is 0.608. The minimum absolute atomic E-state index is 0.102. The van der Waals surface area contributed by atoms with E-state index in [9.17, 15) is 13.2 Å². The lowest BCUT2D eigenvalue weighted by atomic mass is 10.1. The number of carbonyl (C=O) groups excluding carboxylic acids is 1. The molecule has 0 saturated heterocycles. The second-order valence-corrected chi connectivity index (χ2v) is 9.75. The normalized spacial score (nSPS) is 14.8. The highest BCUT2D eigenvalue weighted by atomic mass is 32.2. The average molecular weight is 417 g/mol. The maximum atomic E-state index is 13.2. The Kier molecular flexibility index (Phi) is 6.00. The number of benzene rings is 2. The Balaban J connectivity index is 1.84. The summed E-state index contributed by atoms with van der Waals surface area (Å²) in [6.07, 6.45) is 0.579. The molecule has 1 atom stereocenters. The van der Waals surface area contributed by atoms with E-state index < -0.39 is 16.1 Å². The number of ether oxygens (including phenoxy) is 1. The van der Waals surface area contributed by atoms with Crippen LogP contribution in [0.4, 0.5) is 5.69 Å². The van der Waals surface area contributed by atoms with E-state index in [1.165, 1.54) is 18.4 Å². The molecule has 0 aliphatic carbocycles. The van der Waals surface area contributed by atoms with Gasteiger partial charge in [-0.2, -0.15) is 0 Å². The monoisotopic (exact) mass is 416 g/mol. The van der Waals surface area contributed by atoms with Crippen LogP contribution in [0.2, 0.25) is 0 Å². The smallest absolute Gasteiger partial charge is 0.268 e. The van der Waals surface area contributed by atoms with Crippen LogP contribution in [-0.4, -0.2) is 45.4 Å². The minimum atomic E-state index is -3.50. The quantitative estimate of drug-likeness (QED) is 0.725. The molecule has 1 heterocycles. The van der Waals surface area contributed by atoms with E-state index in [0.717, 1.165) is 22.4 Å². The second-order valence-electron chi connectivity index (χ2n) is 7.60. The van der Waals surface area contributed by atoms with Gasteiger partial charge in [-0.3, -0.25) is 4.79 Å². The molecule has 0 spiro atoms. The Morgan fingerprint density at radius 1 is 1.17 bits per heavy atom. The van der Waals surface area contributed by atoms with Gasteiger partial charge in [0.25, 0.3) is 5.91 Å². The van der Waals surface area contributed by atoms with Crippen molar-refractivity contribution in [2.24, 2.45) is 0 Å². The van der Waals surface area contributed by atoms with E-state index in [2.05, 4.69) is 0 Å². The Bertz CT molecular complexity index is 1030. The second kappa shape index (κ2) is 8.16. The lowest BCUT2D eigenvalue weighted by Gasteiger charge is -2.25. The van der Waals surface area contributed by atoms with Gasteiger partial charge in [-0.05, 0) is 62.1 Å². The van der Waals surface area contributed by atoms with E-state index in [1.807, 2.05) is 39.0 Å². The summed E-state index contributed by atoms with van der Waals surface area (Å²) >= 11 is 0. The van der Waals surface area contributed by atoms with E-state index in [1.54, 1.807) is 23.1 Å². The number of aryl methyl sites for hydroxylation is 2. The van der Waals surface area contributed by atoms with Gasteiger partial charge < -0.3 is 9.64 Å². The van der Waals surface area contributed by atoms with Gasteiger partial charge in [-0.25, -0.2) is 12.7 Å². The molecule has 0 saturated carbocycles. The summed E-state index contributed by atoms with van der Waals surface area (Å²) in [5, 5.41) is 0. The first-order valence-corrected chi connectivity index (χ1v) is 11.2. The zero-order valence-corrected chi connectivity index (χ0v) is 18.4. The van der Waals surface area contributed by atoms with Crippen LogP contribution in [0.25, 0.3) is 0 Å². The van der Waals surface area contributed by atoms with Crippen molar-refractivity contribution in [1.82, 2.24) is 4.31 Å². The summed E-state index contributed by atoms with van der Waals surface area (Å²) < 4.78 is 32.0. The van der Waals surface area contributed by atoms with Gasteiger partial charge in [0.1, 0.15) is 5.75 Å². The van der Waals surface area contributed by atoms with Crippen molar-refractivity contribution in [3.05, 3.63) is 53.1 Å². The zero-order valence-electron chi connectivity index (χ0n) is 17.6. The molecule has 7 heteroatoms. The standard InChI is InChI=1S/C22H28N2O4S/c1-6-20(28-21-10-7-15(2)13-16(21)3)22(25)24-12-11-17-14-18(8-9-19(17)24)29(26,27)23(4)5/h7-10,13-14,20H,6,11-12H2,1-5H3/t20-/m0/s1. The van der Waals surface area contributed by atoms with Gasteiger partial charge in [0.2, 0.25) is 10.0 Å². The van der Waals surface area contributed by atoms with Crippen LogP contribution in [0.15, 0.2) is 41.3 Å². The number of hydrogen-bond donors (Lipinski definition) is 0. The van der Waals surface area contributed by atoms with Crippen LogP contribution in [0, 0.1) is 13.8 Å². The first-order chi connectivity index (χ1) is 13.6. The lowest BCUT2D eigenvalue weighted by molar-refractivity contribution is -0.125. The number of rotatable bonds is 6. The van der Waals surface area contributed by atoms with Crippen LogP contribution >= 0.6 is 0 Å². The van der Waals surface area contributed by atoms with E-state index in [4.69, 9.17) is 4.74 Å². The van der Waals surface area contributed by atoms with Crippen LogP contribution in [-0.2, 0) is 21.2 Å². The summed E-state index contributed by atoms with van der Waals surface area (Å²) in [6.45, 7) is 6.44. The van der Waals surface area contributed by atoms with Crippen LogP contribution in [0.1, 0.15) is 30.0 Å². The third-order valence-electron chi connectivity index (χ3n) is 5.24. The van der Waals surface area contributed by atoms with Crippen molar-refractivity contribution < 1.29 is 17.9 Å². The molecule has 0 unspecified atom stereocenters. The predicted octanol–water partition coefficient (Wildman–Crippen LogP) is 3.30. The van der Waals surface area contributed by atoms with Crippen molar-refractivity contribution in [2.75, 3.05) is 25.5 Å². The minimum Gasteiger partial charge on any atom is -0.480 e. The van der Waals surface area contributed by atoms with Crippen molar-refractivity contribution in [1.29, 1.82) is 0 Å². The molecule has 1 aliphatic rings. The van der Waals surface area contributed by atoms with Gasteiger partial charge in [0, 0.05) is 26.3 Å². The molecule has 0 fully saturated rings. The van der Waals surface area contributed by atoms with Crippen molar-refractivity contribution >= 4 is 21.6 Å². The van der Waals surface area contributed by atoms with E-state index >= 15 is 0 Å². The fourth-order valence-corrected chi connectivity index (χ4v) is 4.50. The fraction of sp³-hybridized carbons (Fsp3) is 0.409. The number of amides is 1. The molecule has 6 nitrogen and oxygen atoms in total. The SMILES string of the molecule is CC[C@H](Oc1ccc(C)cc1C)C(=O)N1CCc2cc(S(=O)(=O)N(C)C)ccc21. The number of sulfonamides is 1. The first-order valence-electron chi connectivity index (χ1n) is 9.76. The van der Waals surface area contributed by atoms with Crippen LogP contribution in [0.3, 0.4) is 0 Å². The largest absolute Gasteiger partial charge is 0.480 e. The van der Waals surface area contributed by atoms with Gasteiger partial charge >= 0.3 is 0 Å². The zero-order chi connectivity index (χ0) is 21.3. The van der Waals surface area contributed by atoms with Crippen molar-refractivity contribution in [3.8, 4) is 5.75 Å². The molecular weight excluding hydrogens is 388 g/mol. The Hall–Kier alpha value is -2.38. The highest BCUT2D eigenvalue weighted by molar-refractivity contribution is 7.89. The first kappa shape index (κ1) is 21.3.